The van der Waals surface area contributed by atoms with Gasteiger partial charge in [0.15, 0.2) is 0 Å². The summed E-state index contributed by atoms with van der Waals surface area (Å²) in [7, 11) is 0. The molecule has 0 amide bonds. The first-order valence-electron chi connectivity index (χ1n) is 12.1. The van der Waals surface area contributed by atoms with Crippen LogP contribution in [0.5, 0.6) is 0 Å². The molecule has 3 heteroatoms. The van der Waals surface area contributed by atoms with E-state index in [0.29, 0.717) is 41.9 Å². The minimum atomic E-state index is -0.611. The zero-order valence-corrected chi connectivity index (χ0v) is 19.5. The van der Waals surface area contributed by atoms with E-state index in [1.165, 1.54) is 44.9 Å². The summed E-state index contributed by atoms with van der Waals surface area (Å²) in [6.07, 6.45) is 17.9. The van der Waals surface area contributed by atoms with Crippen molar-refractivity contribution >= 4 is 11.6 Å². The lowest BCUT2D eigenvalue weighted by molar-refractivity contribution is 0.0862. The van der Waals surface area contributed by atoms with Gasteiger partial charge in [0.05, 0.1) is 17.6 Å². The molecule has 0 radical (unpaired) electrons. The Morgan fingerprint density at radius 2 is 1.90 bits per heavy atom. The predicted octanol–water partition coefficient (Wildman–Crippen LogP) is 6.34. The first kappa shape index (κ1) is 22.4. The van der Waals surface area contributed by atoms with Gasteiger partial charge in [-0.2, -0.15) is 0 Å². The molecule has 0 aromatic heterocycles. The second-order valence-corrected chi connectivity index (χ2v) is 11.2. The van der Waals surface area contributed by atoms with Crippen molar-refractivity contribution in [1.82, 2.24) is 0 Å². The van der Waals surface area contributed by atoms with Crippen molar-refractivity contribution in [3.8, 4) is 0 Å². The van der Waals surface area contributed by atoms with Crippen molar-refractivity contribution in [1.29, 1.82) is 0 Å². The van der Waals surface area contributed by atoms with E-state index in [2.05, 4.69) is 44.7 Å². The minimum absolute atomic E-state index is 0.222. The average Bonchev–Trinajstić information content (AvgIpc) is 3.49. The second-order valence-electron chi connectivity index (χ2n) is 10.7. The molecule has 0 aromatic rings. The number of alkyl halides is 1. The quantitative estimate of drug-likeness (QED) is 0.394. The van der Waals surface area contributed by atoms with Crippen LogP contribution in [0.25, 0.3) is 0 Å². The molecule has 166 valence electrons. The van der Waals surface area contributed by atoms with E-state index in [1.807, 2.05) is 0 Å². The molecule has 4 aliphatic rings. The monoisotopic (exact) mass is 430 g/mol. The molecule has 4 saturated carbocycles. The molecule has 0 spiro atoms. The van der Waals surface area contributed by atoms with Crippen molar-refractivity contribution in [2.45, 2.75) is 89.2 Å². The van der Waals surface area contributed by atoms with Gasteiger partial charge in [0.2, 0.25) is 0 Å². The Hall–Kier alpha value is -0.830. The van der Waals surface area contributed by atoms with Crippen LogP contribution in [-0.4, -0.2) is 27.8 Å². The Morgan fingerprint density at radius 3 is 2.63 bits per heavy atom. The Bertz CT molecular complexity index is 746. The largest absolute Gasteiger partial charge is 0.393 e. The smallest absolute Gasteiger partial charge is 0.0811 e. The van der Waals surface area contributed by atoms with Gasteiger partial charge in [-0.05, 0) is 91.6 Å². The maximum atomic E-state index is 10.1. The summed E-state index contributed by atoms with van der Waals surface area (Å²) in [5.74, 6) is 2.64. The van der Waals surface area contributed by atoms with Crippen LogP contribution in [0.3, 0.4) is 0 Å². The number of rotatable bonds is 5. The molecule has 2 N–H and O–H groups in total. The second kappa shape index (κ2) is 8.96. The molecule has 4 fully saturated rings. The highest BCUT2D eigenvalue weighted by atomic mass is 35.5. The van der Waals surface area contributed by atoms with Gasteiger partial charge >= 0.3 is 0 Å². The summed E-state index contributed by atoms with van der Waals surface area (Å²) in [6.45, 7) is 8.97. The van der Waals surface area contributed by atoms with Gasteiger partial charge in [-0.15, -0.1) is 11.6 Å². The molecule has 30 heavy (non-hydrogen) atoms. The zero-order chi connectivity index (χ0) is 21.5. The molecule has 0 aliphatic heterocycles. The maximum Gasteiger partial charge on any atom is 0.0811 e. The van der Waals surface area contributed by atoms with Gasteiger partial charge in [0.1, 0.15) is 0 Å². The summed E-state index contributed by atoms with van der Waals surface area (Å²) >= 11 is 6.53. The van der Waals surface area contributed by atoms with E-state index < -0.39 is 12.2 Å². The Labute approximate surface area is 187 Å². The fourth-order valence-corrected chi connectivity index (χ4v) is 6.93. The van der Waals surface area contributed by atoms with Crippen LogP contribution >= 0.6 is 11.6 Å². The van der Waals surface area contributed by atoms with Crippen molar-refractivity contribution in [3.05, 3.63) is 47.6 Å². The number of hydrogen-bond acceptors (Lipinski definition) is 2. The van der Waals surface area contributed by atoms with E-state index in [1.54, 1.807) is 5.57 Å². The topological polar surface area (TPSA) is 40.5 Å². The van der Waals surface area contributed by atoms with Crippen molar-refractivity contribution < 1.29 is 10.2 Å². The van der Waals surface area contributed by atoms with E-state index in [0.717, 1.165) is 11.1 Å². The van der Waals surface area contributed by atoms with Crippen molar-refractivity contribution in [2.24, 2.45) is 29.1 Å². The average molecular weight is 431 g/mol. The van der Waals surface area contributed by atoms with Gasteiger partial charge in [-0.3, -0.25) is 0 Å². The minimum Gasteiger partial charge on any atom is -0.393 e. The van der Waals surface area contributed by atoms with Gasteiger partial charge < -0.3 is 10.2 Å². The van der Waals surface area contributed by atoms with Crippen LogP contribution < -0.4 is 0 Å². The Kier molecular flexibility index (Phi) is 6.68. The third kappa shape index (κ3) is 4.52. The molecule has 0 saturated heterocycles. The van der Waals surface area contributed by atoms with E-state index in [4.69, 9.17) is 11.6 Å². The SMILES string of the molecule is C=C1/C(=C\C=C2/CCC[C@@]3(C)C2CC[C@@H]3C(C)/C=C/C(Cl)C2CC2)C[C@@H](O)CC1O. The van der Waals surface area contributed by atoms with Crippen LogP contribution in [0.4, 0.5) is 0 Å². The van der Waals surface area contributed by atoms with Gasteiger partial charge in [0.25, 0.3) is 0 Å². The zero-order valence-electron chi connectivity index (χ0n) is 18.7. The molecule has 0 aromatic carbocycles. The predicted molar refractivity (Wildman–Crippen MR) is 125 cm³/mol. The third-order valence-electron chi connectivity index (χ3n) is 8.61. The van der Waals surface area contributed by atoms with Crippen LogP contribution in [0.1, 0.15) is 71.6 Å². The van der Waals surface area contributed by atoms with E-state index in [9.17, 15) is 10.2 Å². The first-order chi connectivity index (χ1) is 14.3. The molecule has 7 atom stereocenters. The van der Waals surface area contributed by atoms with Crippen molar-refractivity contribution in [3.63, 3.8) is 0 Å². The summed E-state index contributed by atoms with van der Waals surface area (Å²) in [6, 6.07) is 0. The third-order valence-corrected chi connectivity index (χ3v) is 9.11. The van der Waals surface area contributed by atoms with Gasteiger partial charge in [-0.25, -0.2) is 0 Å². The van der Waals surface area contributed by atoms with Gasteiger partial charge in [0, 0.05) is 6.42 Å². The number of fused-ring (bicyclic) bond motifs is 1. The van der Waals surface area contributed by atoms with Crippen LogP contribution in [0.15, 0.2) is 47.6 Å². The normalized spacial score (nSPS) is 42.1. The number of allylic oxidation sites excluding steroid dienone is 5. The highest BCUT2D eigenvalue weighted by molar-refractivity contribution is 6.22. The van der Waals surface area contributed by atoms with Crippen LogP contribution in [-0.2, 0) is 0 Å². The lowest BCUT2D eigenvalue weighted by Gasteiger charge is -2.44. The number of halogens is 1. The van der Waals surface area contributed by atoms with Crippen LogP contribution in [0, 0.1) is 29.1 Å². The van der Waals surface area contributed by atoms with Crippen LogP contribution in [0.2, 0.25) is 0 Å². The summed E-state index contributed by atoms with van der Waals surface area (Å²) in [5, 5.41) is 20.4. The molecular formula is C27H39ClO2. The highest BCUT2D eigenvalue weighted by Crippen LogP contribution is 2.59. The number of hydrogen-bond donors (Lipinski definition) is 2. The molecule has 2 nitrogen and oxygen atoms in total. The number of aliphatic hydroxyl groups excluding tert-OH is 2. The maximum absolute atomic E-state index is 10.1. The molecule has 4 rings (SSSR count). The Morgan fingerprint density at radius 1 is 1.13 bits per heavy atom. The first-order valence-corrected chi connectivity index (χ1v) is 12.5. The molecule has 4 unspecified atom stereocenters. The fraction of sp³-hybridized carbons (Fsp3) is 0.704. The lowest BCUT2D eigenvalue weighted by Crippen LogP contribution is -2.35. The van der Waals surface area contributed by atoms with Crippen molar-refractivity contribution in [2.75, 3.05) is 0 Å². The fourth-order valence-electron chi connectivity index (χ4n) is 6.60. The molecule has 0 bridgehead atoms. The summed E-state index contributed by atoms with van der Waals surface area (Å²) in [5.41, 5.74) is 3.71. The Balaban J connectivity index is 1.48. The standard InChI is InChI=1S/C27H39ClO2/c1-17(6-13-25(28)20-8-9-20)23-11-12-24-19(5-4-14-27(23,24)3)7-10-21-15-22(29)16-26(30)18(21)2/h6-7,10,13,17,20,22-26,29-30H,2,4-5,8-9,11-12,14-16H2,1,3H3/b13-6+,19-7+,21-10-/t17?,22-,23-,24?,25?,26?,27-/m1/s1. The van der Waals surface area contributed by atoms with E-state index in [-0.39, 0.29) is 5.38 Å². The van der Waals surface area contributed by atoms with E-state index >= 15 is 0 Å². The highest BCUT2D eigenvalue weighted by Gasteiger charge is 2.50. The molecular weight excluding hydrogens is 392 g/mol. The summed E-state index contributed by atoms with van der Waals surface area (Å²) < 4.78 is 0. The molecule has 0 heterocycles. The molecule has 4 aliphatic carbocycles. The lowest BCUT2D eigenvalue weighted by atomic mass is 9.61. The number of aliphatic hydroxyl groups is 2. The van der Waals surface area contributed by atoms with Gasteiger partial charge in [-0.1, -0.05) is 50.3 Å². The summed E-state index contributed by atoms with van der Waals surface area (Å²) in [4.78, 5) is 0.